The van der Waals surface area contributed by atoms with E-state index in [1.54, 1.807) is 36.5 Å². The smallest absolute Gasteiger partial charge is 0.337 e. The number of aromatic carboxylic acids is 1. The van der Waals surface area contributed by atoms with Crippen LogP contribution in [0.15, 0.2) is 52.4 Å². The Morgan fingerprint density at radius 1 is 1.17 bits per heavy atom. The highest BCUT2D eigenvalue weighted by molar-refractivity contribution is 7.80. The van der Waals surface area contributed by atoms with E-state index < -0.39 is 5.97 Å². The largest absolute Gasteiger partial charge is 0.478 e. The predicted octanol–water partition coefficient (Wildman–Crippen LogP) is 4.91. The lowest BCUT2D eigenvalue weighted by Gasteiger charge is -2.14. The van der Waals surface area contributed by atoms with E-state index in [9.17, 15) is 9.90 Å². The summed E-state index contributed by atoms with van der Waals surface area (Å²) in [5.74, 6) is -1.04. The van der Waals surface area contributed by atoms with E-state index >= 15 is 0 Å². The first-order valence-corrected chi connectivity index (χ1v) is 7.83. The molecule has 0 aliphatic carbocycles. The maximum Gasteiger partial charge on any atom is 0.337 e. The number of hydrogen-bond donors (Lipinski definition) is 4. The van der Waals surface area contributed by atoms with Crippen molar-refractivity contribution < 1.29 is 9.90 Å². The van der Waals surface area contributed by atoms with Gasteiger partial charge in [-0.3, -0.25) is 4.98 Å². The summed E-state index contributed by atoms with van der Waals surface area (Å²) in [4.78, 5) is 16.9. The summed E-state index contributed by atoms with van der Waals surface area (Å²) < 4.78 is 0. The van der Waals surface area contributed by atoms with E-state index in [0.29, 0.717) is 26.2 Å². The third-order valence-electron chi connectivity index (χ3n) is 3.30. The summed E-state index contributed by atoms with van der Waals surface area (Å²) in [6.07, 6.45) is 1.61. The highest BCUT2D eigenvalue weighted by Gasteiger charge is 2.14. The van der Waals surface area contributed by atoms with Crippen LogP contribution in [-0.2, 0) is 0 Å². The topological polar surface area (TPSA) is 62.2 Å². The fourth-order valence-corrected chi connectivity index (χ4v) is 2.85. The van der Waals surface area contributed by atoms with E-state index in [2.05, 4.69) is 35.6 Å². The number of carbonyl (C=O) groups is 1. The van der Waals surface area contributed by atoms with E-state index in [1.165, 1.54) is 6.07 Å². The molecule has 0 unspecified atom stereocenters. The maximum atomic E-state index is 11.4. The third kappa shape index (κ3) is 3.24. The van der Waals surface area contributed by atoms with Gasteiger partial charge in [0.15, 0.2) is 0 Å². The second-order valence-electron chi connectivity index (χ2n) is 4.84. The van der Waals surface area contributed by atoms with Gasteiger partial charge in [-0.15, -0.1) is 25.3 Å². The Kier molecular flexibility index (Phi) is 4.39. The molecule has 2 aromatic carbocycles. The summed E-state index contributed by atoms with van der Waals surface area (Å²) >= 11 is 14.7. The van der Waals surface area contributed by atoms with Crippen LogP contribution in [0.4, 0.5) is 11.4 Å². The van der Waals surface area contributed by atoms with Crippen molar-refractivity contribution >= 4 is 65.1 Å². The summed E-state index contributed by atoms with van der Waals surface area (Å²) in [7, 11) is 0. The SMILES string of the molecule is O=C(O)c1cc(S)ccc1Nc1c(S)cnc2ccc(Cl)cc12. The van der Waals surface area contributed by atoms with E-state index in [0.717, 1.165) is 10.9 Å². The quantitative estimate of drug-likeness (QED) is 0.500. The number of halogens is 1. The van der Waals surface area contributed by atoms with Gasteiger partial charge in [0.25, 0.3) is 0 Å². The minimum absolute atomic E-state index is 0.122. The molecular formula is C16H11ClN2O2S2. The first-order valence-electron chi connectivity index (χ1n) is 6.56. The van der Waals surface area contributed by atoms with Crippen LogP contribution in [0.3, 0.4) is 0 Å². The van der Waals surface area contributed by atoms with Gasteiger partial charge in [0.1, 0.15) is 0 Å². The third-order valence-corrected chi connectivity index (χ3v) is 4.16. The number of thiol groups is 2. The number of pyridine rings is 1. The van der Waals surface area contributed by atoms with Crippen molar-refractivity contribution in [1.29, 1.82) is 0 Å². The van der Waals surface area contributed by atoms with Crippen molar-refractivity contribution in [3.05, 3.63) is 53.2 Å². The van der Waals surface area contributed by atoms with Crippen molar-refractivity contribution in [2.75, 3.05) is 5.32 Å². The molecule has 0 atom stereocenters. The molecule has 0 aliphatic heterocycles. The molecule has 1 heterocycles. The second kappa shape index (κ2) is 6.31. The molecule has 0 aliphatic rings. The molecule has 0 bridgehead atoms. The molecule has 0 radical (unpaired) electrons. The number of anilines is 2. The maximum absolute atomic E-state index is 11.4. The number of carboxylic acid groups (broad SMARTS) is 1. The lowest BCUT2D eigenvalue weighted by Crippen LogP contribution is -2.04. The molecular weight excluding hydrogens is 352 g/mol. The zero-order valence-electron chi connectivity index (χ0n) is 11.6. The van der Waals surface area contributed by atoms with Crippen LogP contribution in [-0.4, -0.2) is 16.1 Å². The van der Waals surface area contributed by atoms with Crippen molar-refractivity contribution in [3.8, 4) is 0 Å². The lowest BCUT2D eigenvalue weighted by atomic mass is 10.1. The molecule has 0 saturated heterocycles. The predicted molar refractivity (Wildman–Crippen MR) is 97.9 cm³/mol. The Balaban J connectivity index is 2.17. The lowest BCUT2D eigenvalue weighted by molar-refractivity contribution is 0.0697. The molecule has 0 fully saturated rings. The summed E-state index contributed by atoms with van der Waals surface area (Å²) in [6, 6.07) is 10.2. The fraction of sp³-hybridized carbons (Fsp3) is 0. The van der Waals surface area contributed by atoms with Crippen LogP contribution in [0.2, 0.25) is 5.02 Å². The molecule has 3 aromatic rings. The summed E-state index contributed by atoms with van der Waals surface area (Å²) in [5.41, 5.74) is 1.95. The molecule has 2 N–H and O–H groups in total. The van der Waals surface area contributed by atoms with Crippen LogP contribution >= 0.6 is 36.9 Å². The molecule has 3 rings (SSSR count). The number of hydrogen-bond acceptors (Lipinski definition) is 5. The number of nitrogens with zero attached hydrogens (tertiary/aromatic N) is 1. The van der Waals surface area contributed by atoms with Crippen LogP contribution in [0.1, 0.15) is 10.4 Å². The van der Waals surface area contributed by atoms with Gasteiger partial charge in [0.05, 0.1) is 22.5 Å². The monoisotopic (exact) mass is 362 g/mol. The van der Waals surface area contributed by atoms with Gasteiger partial charge in [-0.05, 0) is 36.4 Å². The van der Waals surface area contributed by atoms with Gasteiger partial charge in [0.2, 0.25) is 0 Å². The van der Waals surface area contributed by atoms with Gasteiger partial charge >= 0.3 is 5.97 Å². The average molecular weight is 363 g/mol. The van der Waals surface area contributed by atoms with Crippen LogP contribution in [0, 0.1) is 0 Å². The van der Waals surface area contributed by atoms with E-state index in [-0.39, 0.29) is 5.56 Å². The first kappa shape index (κ1) is 16.0. The molecule has 116 valence electrons. The van der Waals surface area contributed by atoms with E-state index in [1.807, 2.05) is 0 Å². The zero-order valence-corrected chi connectivity index (χ0v) is 14.2. The Labute approximate surface area is 148 Å². The van der Waals surface area contributed by atoms with Gasteiger partial charge in [-0.25, -0.2) is 4.79 Å². The first-order chi connectivity index (χ1) is 11.0. The summed E-state index contributed by atoms with van der Waals surface area (Å²) in [6.45, 7) is 0. The fourth-order valence-electron chi connectivity index (χ4n) is 2.24. The van der Waals surface area contributed by atoms with Crippen molar-refractivity contribution in [1.82, 2.24) is 4.98 Å². The van der Waals surface area contributed by atoms with E-state index in [4.69, 9.17) is 11.6 Å². The Morgan fingerprint density at radius 2 is 1.96 bits per heavy atom. The Morgan fingerprint density at radius 3 is 2.70 bits per heavy atom. The highest BCUT2D eigenvalue weighted by atomic mass is 35.5. The zero-order chi connectivity index (χ0) is 16.6. The van der Waals surface area contributed by atoms with Gasteiger partial charge < -0.3 is 10.4 Å². The second-order valence-corrected chi connectivity index (χ2v) is 6.27. The van der Waals surface area contributed by atoms with Crippen LogP contribution in [0.5, 0.6) is 0 Å². The number of aromatic nitrogens is 1. The standard InChI is InChI=1S/C16H11ClN2O2S2/c17-8-1-3-12-10(5-8)15(14(23)7-18-12)19-13-4-2-9(22)6-11(13)16(20)21/h1-7,22-23H,(H,18,19)(H,20,21). The van der Waals surface area contributed by atoms with Gasteiger partial charge in [0, 0.05) is 26.4 Å². The van der Waals surface area contributed by atoms with Gasteiger partial charge in [-0.1, -0.05) is 11.6 Å². The molecule has 23 heavy (non-hydrogen) atoms. The number of nitrogens with one attached hydrogen (secondary N) is 1. The normalized spacial score (nSPS) is 10.7. The van der Waals surface area contributed by atoms with Crippen molar-refractivity contribution in [2.24, 2.45) is 0 Å². The van der Waals surface area contributed by atoms with Crippen molar-refractivity contribution in [3.63, 3.8) is 0 Å². The number of carboxylic acids is 1. The minimum atomic E-state index is -1.04. The molecule has 0 saturated carbocycles. The molecule has 0 spiro atoms. The van der Waals surface area contributed by atoms with Crippen LogP contribution in [0.25, 0.3) is 10.9 Å². The number of rotatable bonds is 3. The Bertz CT molecular complexity index is 926. The minimum Gasteiger partial charge on any atom is -0.478 e. The molecule has 7 heteroatoms. The molecule has 0 amide bonds. The summed E-state index contributed by atoms with van der Waals surface area (Å²) in [5, 5.41) is 13.8. The Hall–Kier alpha value is -1.89. The average Bonchev–Trinajstić information content (AvgIpc) is 2.51. The number of fused-ring (bicyclic) bond motifs is 1. The number of benzene rings is 2. The van der Waals surface area contributed by atoms with Crippen LogP contribution < -0.4 is 5.32 Å². The highest BCUT2D eigenvalue weighted by Crippen LogP contribution is 2.34. The van der Waals surface area contributed by atoms with Gasteiger partial charge in [-0.2, -0.15) is 0 Å². The molecule has 1 aromatic heterocycles. The van der Waals surface area contributed by atoms with Crippen molar-refractivity contribution in [2.45, 2.75) is 9.79 Å². The molecule has 4 nitrogen and oxygen atoms in total.